The topological polar surface area (TPSA) is 64.3 Å². The fraction of sp³-hybridized carbons (Fsp3) is 0.533. The number of nitrogens with one attached hydrogen (secondary N) is 1. The molecule has 0 fully saturated rings. The van der Waals surface area contributed by atoms with Crippen molar-refractivity contribution >= 4 is 11.6 Å². The van der Waals surface area contributed by atoms with E-state index in [0.717, 1.165) is 24.1 Å². The quantitative estimate of drug-likeness (QED) is 0.758. The molecular weight excluding hydrogens is 240 g/mol. The summed E-state index contributed by atoms with van der Waals surface area (Å²) in [5, 5.41) is 2.80. The van der Waals surface area contributed by atoms with Crippen molar-refractivity contribution in [2.45, 2.75) is 33.2 Å². The Kier molecular flexibility index (Phi) is 7.15. The van der Waals surface area contributed by atoms with E-state index in [9.17, 15) is 4.79 Å². The lowest BCUT2D eigenvalue weighted by molar-refractivity contribution is -0.121. The molecule has 1 aromatic rings. The first-order valence-corrected chi connectivity index (χ1v) is 6.82. The molecule has 0 saturated carbocycles. The molecule has 1 amide bonds. The largest absolute Gasteiger partial charge is 0.371 e. The third kappa shape index (κ3) is 6.36. The maximum absolute atomic E-state index is 11.7. The van der Waals surface area contributed by atoms with Gasteiger partial charge >= 0.3 is 0 Å². The SMILES string of the molecule is CCCC(C)COCC(=O)Nc1cccc(CN)c1. The van der Waals surface area contributed by atoms with Crippen molar-refractivity contribution < 1.29 is 9.53 Å². The van der Waals surface area contributed by atoms with Crippen LogP contribution in [-0.4, -0.2) is 19.1 Å². The van der Waals surface area contributed by atoms with Crippen LogP contribution in [0.3, 0.4) is 0 Å². The fourth-order valence-electron chi connectivity index (χ4n) is 1.90. The molecule has 0 aliphatic heterocycles. The second-order valence-corrected chi connectivity index (χ2v) is 4.86. The number of hydrogen-bond donors (Lipinski definition) is 2. The first-order chi connectivity index (χ1) is 9.15. The Bertz CT molecular complexity index is 393. The molecular formula is C15H24N2O2. The van der Waals surface area contributed by atoms with Gasteiger partial charge in [0.1, 0.15) is 6.61 Å². The van der Waals surface area contributed by atoms with E-state index in [0.29, 0.717) is 19.1 Å². The van der Waals surface area contributed by atoms with Gasteiger partial charge in [-0.15, -0.1) is 0 Å². The maximum atomic E-state index is 11.7. The summed E-state index contributed by atoms with van der Waals surface area (Å²) < 4.78 is 5.40. The number of benzene rings is 1. The standard InChI is InChI=1S/C15H24N2O2/c1-3-5-12(2)10-19-11-15(18)17-14-7-4-6-13(8-14)9-16/h4,6-8,12H,3,5,9-11,16H2,1-2H3,(H,17,18). The van der Waals surface area contributed by atoms with Crippen molar-refractivity contribution in [2.24, 2.45) is 11.7 Å². The molecule has 0 bridgehead atoms. The van der Waals surface area contributed by atoms with Crippen LogP contribution in [0.15, 0.2) is 24.3 Å². The van der Waals surface area contributed by atoms with Gasteiger partial charge in [-0.2, -0.15) is 0 Å². The lowest BCUT2D eigenvalue weighted by atomic mass is 10.1. The molecule has 0 saturated heterocycles. The van der Waals surface area contributed by atoms with Crippen LogP contribution < -0.4 is 11.1 Å². The Labute approximate surface area is 115 Å². The molecule has 1 unspecified atom stereocenters. The predicted octanol–water partition coefficient (Wildman–Crippen LogP) is 2.54. The Morgan fingerprint density at radius 1 is 1.47 bits per heavy atom. The van der Waals surface area contributed by atoms with E-state index in [2.05, 4.69) is 19.2 Å². The highest BCUT2D eigenvalue weighted by Gasteiger charge is 2.05. The smallest absolute Gasteiger partial charge is 0.250 e. The van der Waals surface area contributed by atoms with E-state index in [1.807, 2.05) is 24.3 Å². The normalized spacial score (nSPS) is 12.2. The van der Waals surface area contributed by atoms with Gasteiger partial charge in [-0.25, -0.2) is 0 Å². The van der Waals surface area contributed by atoms with Gasteiger partial charge in [0.2, 0.25) is 5.91 Å². The summed E-state index contributed by atoms with van der Waals surface area (Å²) in [6.07, 6.45) is 2.27. The Balaban J connectivity index is 2.30. The van der Waals surface area contributed by atoms with Gasteiger partial charge in [-0.3, -0.25) is 4.79 Å². The van der Waals surface area contributed by atoms with Crippen molar-refractivity contribution in [3.63, 3.8) is 0 Å². The number of ether oxygens (including phenoxy) is 1. The molecule has 0 radical (unpaired) electrons. The molecule has 0 aliphatic rings. The zero-order valence-corrected chi connectivity index (χ0v) is 11.8. The van der Waals surface area contributed by atoms with E-state index in [1.54, 1.807) is 0 Å². The molecule has 106 valence electrons. The van der Waals surface area contributed by atoms with Crippen molar-refractivity contribution in [1.82, 2.24) is 0 Å². The van der Waals surface area contributed by atoms with Crippen LogP contribution in [0.4, 0.5) is 5.69 Å². The summed E-state index contributed by atoms with van der Waals surface area (Å²) in [6.45, 7) is 5.47. The van der Waals surface area contributed by atoms with Crippen LogP contribution in [0.2, 0.25) is 0 Å². The Morgan fingerprint density at radius 3 is 2.95 bits per heavy atom. The maximum Gasteiger partial charge on any atom is 0.250 e. The summed E-state index contributed by atoms with van der Waals surface area (Å²) in [6, 6.07) is 7.52. The number of carbonyl (C=O) groups excluding carboxylic acids is 1. The number of hydrogen-bond acceptors (Lipinski definition) is 3. The van der Waals surface area contributed by atoms with E-state index < -0.39 is 0 Å². The van der Waals surface area contributed by atoms with Gasteiger partial charge in [0, 0.05) is 18.8 Å². The number of rotatable bonds is 8. The highest BCUT2D eigenvalue weighted by atomic mass is 16.5. The zero-order valence-electron chi connectivity index (χ0n) is 11.8. The van der Waals surface area contributed by atoms with Gasteiger partial charge in [0.15, 0.2) is 0 Å². The van der Waals surface area contributed by atoms with Gasteiger partial charge in [0.25, 0.3) is 0 Å². The van der Waals surface area contributed by atoms with Crippen LogP contribution in [0.25, 0.3) is 0 Å². The second kappa shape index (κ2) is 8.67. The lowest BCUT2D eigenvalue weighted by Crippen LogP contribution is -2.20. The minimum atomic E-state index is -0.127. The minimum absolute atomic E-state index is 0.0981. The highest BCUT2D eigenvalue weighted by Crippen LogP contribution is 2.10. The highest BCUT2D eigenvalue weighted by molar-refractivity contribution is 5.91. The number of anilines is 1. The van der Waals surface area contributed by atoms with Gasteiger partial charge in [-0.1, -0.05) is 32.4 Å². The van der Waals surface area contributed by atoms with Crippen LogP contribution in [-0.2, 0) is 16.1 Å². The monoisotopic (exact) mass is 264 g/mol. The molecule has 1 aromatic carbocycles. The zero-order chi connectivity index (χ0) is 14.1. The molecule has 1 rings (SSSR count). The average Bonchev–Trinajstić information content (AvgIpc) is 2.39. The molecule has 0 aromatic heterocycles. The summed E-state index contributed by atoms with van der Waals surface area (Å²) in [5.74, 6) is 0.372. The first-order valence-electron chi connectivity index (χ1n) is 6.82. The molecule has 0 heterocycles. The number of nitrogens with two attached hydrogens (primary N) is 1. The first kappa shape index (κ1) is 15.7. The van der Waals surface area contributed by atoms with Gasteiger partial charge < -0.3 is 15.8 Å². The average molecular weight is 264 g/mol. The Hall–Kier alpha value is -1.39. The van der Waals surface area contributed by atoms with E-state index in [-0.39, 0.29) is 12.5 Å². The third-order valence-corrected chi connectivity index (χ3v) is 2.86. The molecule has 0 aliphatic carbocycles. The molecule has 1 atom stereocenters. The van der Waals surface area contributed by atoms with Crippen LogP contribution in [0.5, 0.6) is 0 Å². The van der Waals surface area contributed by atoms with Crippen molar-refractivity contribution in [3.05, 3.63) is 29.8 Å². The number of carbonyl (C=O) groups is 1. The van der Waals surface area contributed by atoms with E-state index >= 15 is 0 Å². The number of amides is 1. The van der Waals surface area contributed by atoms with Crippen molar-refractivity contribution in [1.29, 1.82) is 0 Å². The summed E-state index contributed by atoms with van der Waals surface area (Å²) in [5.41, 5.74) is 7.31. The molecule has 0 spiro atoms. The predicted molar refractivity (Wildman–Crippen MR) is 77.9 cm³/mol. The van der Waals surface area contributed by atoms with Crippen molar-refractivity contribution in [3.8, 4) is 0 Å². The second-order valence-electron chi connectivity index (χ2n) is 4.86. The Morgan fingerprint density at radius 2 is 2.26 bits per heavy atom. The minimum Gasteiger partial charge on any atom is -0.371 e. The summed E-state index contributed by atoms with van der Waals surface area (Å²) in [7, 11) is 0. The van der Waals surface area contributed by atoms with Gasteiger partial charge in [-0.05, 0) is 30.0 Å². The molecule has 3 N–H and O–H groups in total. The fourth-order valence-corrected chi connectivity index (χ4v) is 1.90. The molecule has 4 nitrogen and oxygen atoms in total. The van der Waals surface area contributed by atoms with E-state index in [1.165, 1.54) is 0 Å². The molecule has 4 heteroatoms. The van der Waals surface area contributed by atoms with Crippen LogP contribution >= 0.6 is 0 Å². The van der Waals surface area contributed by atoms with E-state index in [4.69, 9.17) is 10.5 Å². The van der Waals surface area contributed by atoms with Crippen LogP contribution in [0, 0.1) is 5.92 Å². The summed E-state index contributed by atoms with van der Waals surface area (Å²) in [4.78, 5) is 11.7. The van der Waals surface area contributed by atoms with Crippen LogP contribution in [0.1, 0.15) is 32.3 Å². The van der Waals surface area contributed by atoms with Crippen molar-refractivity contribution in [2.75, 3.05) is 18.5 Å². The summed E-state index contributed by atoms with van der Waals surface area (Å²) >= 11 is 0. The lowest BCUT2D eigenvalue weighted by Gasteiger charge is -2.11. The molecule has 19 heavy (non-hydrogen) atoms. The third-order valence-electron chi connectivity index (χ3n) is 2.86. The van der Waals surface area contributed by atoms with Gasteiger partial charge in [0.05, 0.1) is 0 Å².